The molecule has 6 nitrogen and oxygen atoms in total. The number of amides is 1. The van der Waals surface area contributed by atoms with Crippen molar-refractivity contribution in [2.24, 2.45) is 0 Å². The third kappa shape index (κ3) is 4.93. The van der Waals surface area contributed by atoms with Crippen molar-refractivity contribution in [2.45, 2.75) is 25.7 Å². The minimum Gasteiger partial charge on any atom is -0.322 e. The molecule has 0 aliphatic rings. The molecule has 0 bridgehead atoms. The van der Waals surface area contributed by atoms with E-state index < -0.39 is 10.0 Å². The molecule has 4 rings (SSSR count). The lowest BCUT2D eigenvalue weighted by atomic mass is 10.0. The van der Waals surface area contributed by atoms with E-state index in [1.807, 2.05) is 42.5 Å². The molecule has 0 unspecified atom stereocenters. The first-order chi connectivity index (χ1) is 16.8. The Balaban J connectivity index is 1.77. The van der Waals surface area contributed by atoms with E-state index in [9.17, 15) is 13.2 Å². The summed E-state index contributed by atoms with van der Waals surface area (Å²) < 4.78 is 27.6. The minimum atomic E-state index is -3.68. The molecule has 0 aliphatic carbocycles. The number of rotatable bonds is 7. The van der Waals surface area contributed by atoms with Gasteiger partial charge in [-0.3, -0.25) is 4.79 Å². The summed E-state index contributed by atoms with van der Waals surface area (Å²) in [5, 5.41) is 4.09. The molecule has 0 radical (unpaired) electrons. The molecule has 0 atom stereocenters. The molecule has 4 aromatic rings. The second kappa shape index (κ2) is 10.2. The van der Waals surface area contributed by atoms with Crippen molar-refractivity contribution in [1.82, 2.24) is 9.29 Å². The van der Waals surface area contributed by atoms with Crippen LogP contribution in [0.4, 0.5) is 5.69 Å². The van der Waals surface area contributed by atoms with Gasteiger partial charge in [-0.1, -0.05) is 67.9 Å². The summed E-state index contributed by atoms with van der Waals surface area (Å²) in [5.41, 5.74) is 3.38. The minimum absolute atomic E-state index is 0.176. The van der Waals surface area contributed by atoms with Crippen LogP contribution >= 0.6 is 11.6 Å². The monoisotopic (exact) mass is 507 g/mol. The smallest absolute Gasteiger partial charge is 0.256 e. The number of aromatic nitrogens is 1. The van der Waals surface area contributed by atoms with Crippen LogP contribution in [0.5, 0.6) is 0 Å². The second-order valence-corrected chi connectivity index (χ2v) is 10.4. The largest absolute Gasteiger partial charge is 0.322 e. The summed E-state index contributed by atoms with van der Waals surface area (Å²) >= 11 is 6.39. The van der Waals surface area contributed by atoms with Gasteiger partial charge in [0.2, 0.25) is 10.0 Å². The van der Waals surface area contributed by atoms with Gasteiger partial charge in [0.05, 0.1) is 21.7 Å². The molecule has 1 N–H and O–H groups in total. The number of benzene rings is 3. The van der Waals surface area contributed by atoms with Crippen molar-refractivity contribution < 1.29 is 13.2 Å². The van der Waals surface area contributed by atoms with E-state index in [1.165, 1.54) is 10.4 Å². The standard InChI is InChI=1S/C27H26ClN3O3S/c1-4-31(5-2)35(33,34)26-16-19(15-14-18(26)3)29-27(32)22-17-25(21-11-6-8-12-23(21)28)30-24-13-9-7-10-20(22)24/h6-17H,4-5H2,1-3H3,(H,29,32). The molecule has 1 amide bonds. The Morgan fingerprint density at radius 1 is 0.971 bits per heavy atom. The highest BCUT2D eigenvalue weighted by Crippen LogP contribution is 2.30. The van der Waals surface area contributed by atoms with Crippen molar-refractivity contribution in [3.05, 3.63) is 88.9 Å². The SMILES string of the molecule is CCN(CC)S(=O)(=O)c1cc(NC(=O)c2cc(-c3ccccc3Cl)nc3ccccc23)ccc1C. The Hall–Kier alpha value is -3.26. The molecule has 0 saturated carbocycles. The normalized spacial score (nSPS) is 11.7. The number of nitrogens with zero attached hydrogens (tertiary/aromatic N) is 2. The summed E-state index contributed by atoms with van der Waals surface area (Å²) in [6.07, 6.45) is 0. The van der Waals surface area contributed by atoms with Crippen LogP contribution in [0.3, 0.4) is 0 Å². The number of aryl methyl sites for hydroxylation is 1. The first-order valence-electron chi connectivity index (χ1n) is 11.3. The Bertz CT molecular complexity index is 1520. The molecule has 35 heavy (non-hydrogen) atoms. The van der Waals surface area contributed by atoms with Gasteiger partial charge in [0, 0.05) is 34.7 Å². The number of carbonyl (C=O) groups excluding carboxylic acids is 1. The molecule has 0 aliphatic heterocycles. The highest BCUT2D eigenvalue weighted by molar-refractivity contribution is 7.89. The zero-order chi connectivity index (χ0) is 25.2. The summed E-state index contributed by atoms with van der Waals surface area (Å²) in [7, 11) is -3.68. The van der Waals surface area contributed by atoms with Crippen LogP contribution in [-0.2, 0) is 10.0 Å². The van der Waals surface area contributed by atoms with Gasteiger partial charge < -0.3 is 5.32 Å². The lowest BCUT2D eigenvalue weighted by Gasteiger charge is -2.20. The van der Waals surface area contributed by atoms with Gasteiger partial charge in [-0.15, -0.1) is 0 Å². The van der Waals surface area contributed by atoms with E-state index in [2.05, 4.69) is 5.32 Å². The molecule has 1 aromatic heterocycles. The average molecular weight is 508 g/mol. The van der Waals surface area contributed by atoms with Gasteiger partial charge in [-0.2, -0.15) is 4.31 Å². The van der Waals surface area contributed by atoms with Crippen LogP contribution in [0.15, 0.2) is 77.7 Å². The average Bonchev–Trinajstić information content (AvgIpc) is 2.85. The fraction of sp³-hybridized carbons (Fsp3) is 0.185. The number of carbonyl (C=O) groups is 1. The molecule has 0 fully saturated rings. The van der Waals surface area contributed by atoms with Crippen molar-refractivity contribution in [3.8, 4) is 11.3 Å². The number of pyridine rings is 1. The van der Waals surface area contributed by atoms with E-state index in [-0.39, 0.29) is 10.8 Å². The number of hydrogen-bond donors (Lipinski definition) is 1. The van der Waals surface area contributed by atoms with E-state index in [1.54, 1.807) is 45.0 Å². The maximum Gasteiger partial charge on any atom is 0.256 e. The Morgan fingerprint density at radius 2 is 1.66 bits per heavy atom. The van der Waals surface area contributed by atoms with Gasteiger partial charge in [0.15, 0.2) is 0 Å². The third-order valence-electron chi connectivity index (χ3n) is 5.88. The molecule has 3 aromatic carbocycles. The van der Waals surface area contributed by atoms with Crippen molar-refractivity contribution in [1.29, 1.82) is 0 Å². The van der Waals surface area contributed by atoms with Crippen LogP contribution in [0.1, 0.15) is 29.8 Å². The van der Waals surface area contributed by atoms with Gasteiger partial charge in [0.1, 0.15) is 0 Å². The Labute approximate surface area is 210 Å². The predicted molar refractivity (Wildman–Crippen MR) is 141 cm³/mol. The fourth-order valence-corrected chi connectivity index (χ4v) is 5.97. The molecular weight excluding hydrogens is 482 g/mol. The number of hydrogen-bond acceptors (Lipinski definition) is 4. The molecule has 0 saturated heterocycles. The summed E-state index contributed by atoms with van der Waals surface area (Å²) in [4.78, 5) is 18.3. The maximum absolute atomic E-state index is 13.5. The number of sulfonamides is 1. The van der Waals surface area contributed by atoms with Crippen LogP contribution in [0.25, 0.3) is 22.2 Å². The van der Waals surface area contributed by atoms with E-state index in [4.69, 9.17) is 16.6 Å². The summed E-state index contributed by atoms with van der Waals surface area (Å²) in [6.45, 7) is 6.07. The number of para-hydroxylation sites is 1. The molecule has 0 spiro atoms. The van der Waals surface area contributed by atoms with Gasteiger partial charge in [0.25, 0.3) is 5.91 Å². The topological polar surface area (TPSA) is 79.4 Å². The van der Waals surface area contributed by atoms with E-state index in [0.29, 0.717) is 51.5 Å². The van der Waals surface area contributed by atoms with Crippen molar-refractivity contribution in [2.75, 3.05) is 18.4 Å². The first kappa shape index (κ1) is 24.9. The summed E-state index contributed by atoms with van der Waals surface area (Å²) in [5.74, 6) is -0.369. The van der Waals surface area contributed by atoms with Crippen LogP contribution in [-0.4, -0.2) is 36.7 Å². The number of anilines is 1. The Morgan fingerprint density at radius 3 is 2.37 bits per heavy atom. The van der Waals surface area contributed by atoms with Crippen LogP contribution < -0.4 is 5.32 Å². The van der Waals surface area contributed by atoms with Gasteiger partial charge >= 0.3 is 0 Å². The predicted octanol–water partition coefficient (Wildman–Crippen LogP) is 6.15. The maximum atomic E-state index is 13.5. The quantitative estimate of drug-likeness (QED) is 0.325. The lowest BCUT2D eigenvalue weighted by molar-refractivity contribution is 0.102. The Kier molecular flexibility index (Phi) is 7.21. The fourth-order valence-electron chi connectivity index (χ4n) is 4.03. The van der Waals surface area contributed by atoms with Crippen molar-refractivity contribution >= 4 is 44.1 Å². The zero-order valence-corrected chi connectivity index (χ0v) is 21.3. The zero-order valence-electron chi connectivity index (χ0n) is 19.7. The lowest BCUT2D eigenvalue weighted by Crippen LogP contribution is -2.31. The van der Waals surface area contributed by atoms with E-state index >= 15 is 0 Å². The number of fused-ring (bicyclic) bond motifs is 1. The molecule has 180 valence electrons. The van der Waals surface area contributed by atoms with Crippen LogP contribution in [0, 0.1) is 6.92 Å². The van der Waals surface area contributed by atoms with Gasteiger partial charge in [-0.05, 0) is 42.8 Å². The highest BCUT2D eigenvalue weighted by Gasteiger charge is 2.24. The first-order valence-corrected chi connectivity index (χ1v) is 13.1. The number of halogens is 1. The van der Waals surface area contributed by atoms with Gasteiger partial charge in [-0.25, -0.2) is 13.4 Å². The molecule has 8 heteroatoms. The summed E-state index contributed by atoms with van der Waals surface area (Å²) in [6, 6.07) is 21.3. The van der Waals surface area contributed by atoms with E-state index in [0.717, 1.165) is 5.56 Å². The second-order valence-electron chi connectivity index (χ2n) is 8.08. The van der Waals surface area contributed by atoms with Crippen molar-refractivity contribution in [3.63, 3.8) is 0 Å². The highest BCUT2D eigenvalue weighted by atomic mass is 35.5. The number of nitrogens with one attached hydrogen (secondary N) is 1. The molecular formula is C27H26ClN3O3S. The molecule has 1 heterocycles. The van der Waals surface area contributed by atoms with Crippen LogP contribution in [0.2, 0.25) is 5.02 Å². The third-order valence-corrected chi connectivity index (χ3v) is 8.40.